The van der Waals surface area contributed by atoms with Gasteiger partial charge in [0.1, 0.15) is 11.4 Å². The third kappa shape index (κ3) is 5.66. The first-order valence-corrected chi connectivity index (χ1v) is 14.1. The molecule has 0 atom stereocenters. The van der Waals surface area contributed by atoms with Gasteiger partial charge in [-0.05, 0) is 80.8 Å². The third-order valence-corrected chi connectivity index (χ3v) is 9.45. The van der Waals surface area contributed by atoms with Gasteiger partial charge in [0.25, 0.3) is 0 Å². The predicted molar refractivity (Wildman–Crippen MR) is 128 cm³/mol. The zero-order chi connectivity index (χ0) is 24.9. The molecule has 2 fully saturated rings. The number of hydrogen-bond donors (Lipinski definition) is 0. The molecule has 2 aromatic rings. The van der Waals surface area contributed by atoms with Gasteiger partial charge in [-0.15, -0.1) is 0 Å². The number of hydrogen-bond acceptors (Lipinski definition) is 5. The number of rotatable bonds is 6. The normalized spacial score (nSPS) is 21.4. The molecule has 1 aliphatic carbocycles. The molecule has 1 saturated heterocycles. The highest BCUT2D eigenvalue weighted by Crippen LogP contribution is 2.46. The molecule has 3 aliphatic rings. The van der Waals surface area contributed by atoms with E-state index in [1.807, 2.05) is 12.1 Å². The first-order chi connectivity index (χ1) is 16.4. The van der Waals surface area contributed by atoms with Gasteiger partial charge < -0.3 is 4.74 Å². The lowest BCUT2D eigenvalue weighted by molar-refractivity contribution is -0.129. The molecule has 9 heteroatoms. The maximum absolute atomic E-state index is 12.4. The highest BCUT2D eigenvalue weighted by atomic mass is 32.2. The summed E-state index contributed by atoms with van der Waals surface area (Å²) in [6.07, 6.45) is 2.25. The molecule has 1 aromatic heterocycles. The summed E-state index contributed by atoms with van der Waals surface area (Å²) in [5.41, 5.74) is 3.46. The highest BCUT2D eigenvalue weighted by molar-refractivity contribution is 7.90. The number of aromatic nitrogens is 1. The Hall–Kier alpha value is -2.13. The monoisotopic (exact) mass is 508 g/mol. The number of likely N-dealkylation sites (tertiary alicyclic amines) is 1. The van der Waals surface area contributed by atoms with E-state index in [1.54, 1.807) is 12.1 Å². The fourth-order valence-electron chi connectivity index (χ4n) is 5.26. The number of ether oxygens (including phenoxy) is 1. The number of pyridine rings is 1. The van der Waals surface area contributed by atoms with Crippen LogP contribution >= 0.6 is 0 Å². The Balaban J connectivity index is 1.22. The van der Waals surface area contributed by atoms with Gasteiger partial charge in [0.2, 0.25) is 0 Å². The number of halogens is 3. The Labute approximate surface area is 204 Å². The second-order valence-corrected chi connectivity index (χ2v) is 12.8. The van der Waals surface area contributed by atoms with Gasteiger partial charge in [0.05, 0.1) is 23.6 Å². The second-order valence-electron chi connectivity index (χ2n) is 10.6. The number of piperidine rings is 1. The van der Waals surface area contributed by atoms with Crippen molar-refractivity contribution in [1.82, 2.24) is 9.88 Å². The highest BCUT2D eigenvalue weighted by Gasteiger charge is 2.48. The summed E-state index contributed by atoms with van der Waals surface area (Å²) in [6, 6.07) is 9.37. The van der Waals surface area contributed by atoms with E-state index in [0.717, 1.165) is 55.6 Å². The van der Waals surface area contributed by atoms with Crippen molar-refractivity contribution in [2.24, 2.45) is 0 Å². The number of nitrogens with zero attached hydrogens (tertiary/aromatic N) is 2. The summed E-state index contributed by atoms with van der Waals surface area (Å²) >= 11 is 0. The standard InChI is InChI=1S/C26H31F3N2O3S/c1-24(8-9-24)31-13-10-25(11-14-31)7-6-21-16-20(3-5-23(21)34-25)22-4-2-19(17-30-22)18-35(32,33)15-12-26(27,28)29/h2-5,16-17H,6-15,18H2,1H3. The number of fused-ring (bicyclic) bond motifs is 1. The Morgan fingerprint density at radius 3 is 2.43 bits per heavy atom. The van der Waals surface area contributed by atoms with Crippen molar-refractivity contribution in [2.75, 3.05) is 18.8 Å². The molecule has 1 spiro atoms. The maximum atomic E-state index is 12.4. The fraction of sp³-hybridized carbons (Fsp3) is 0.577. The molecule has 1 saturated carbocycles. The number of benzene rings is 1. The lowest BCUT2D eigenvalue weighted by atomic mass is 9.82. The molecule has 0 bridgehead atoms. The molecule has 0 radical (unpaired) electrons. The number of sulfone groups is 1. The van der Waals surface area contributed by atoms with E-state index in [2.05, 4.69) is 22.9 Å². The Morgan fingerprint density at radius 2 is 1.80 bits per heavy atom. The van der Waals surface area contributed by atoms with Crippen LogP contribution in [0.3, 0.4) is 0 Å². The van der Waals surface area contributed by atoms with Crippen molar-refractivity contribution in [3.05, 3.63) is 47.7 Å². The van der Waals surface area contributed by atoms with Gasteiger partial charge >= 0.3 is 6.18 Å². The molecule has 2 aliphatic heterocycles. The summed E-state index contributed by atoms with van der Waals surface area (Å²) in [5.74, 6) is -0.437. The summed E-state index contributed by atoms with van der Waals surface area (Å²) in [6.45, 7) is 4.54. The maximum Gasteiger partial charge on any atom is 0.390 e. The molecule has 0 unspecified atom stereocenters. The van der Waals surface area contributed by atoms with Crippen LogP contribution in [0.1, 0.15) is 56.6 Å². The average molecular weight is 509 g/mol. The largest absolute Gasteiger partial charge is 0.487 e. The lowest BCUT2D eigenvalue weighted by Gasteiger charge is -2.46. The minimum absolute atomic E-state index is 0.0756. The van der Waals surface area contributed by atoms with Crippen LogP contribution < -0.4 is 4.74 Å². The zero-order valence-electron chi connectivity index (χ0n) is 19.9. The quantitative estimate of drug-likeness (QED) is 0.528. The van der Waals surface area contributed by atoms with E-state index < -0.39 is 33.9 Å². The molecule has 0 N–H and O–H groups in total. The van der Waals surface area contributed by atoms with Gasteiger partial charge in [-0.25, -0.2) is 8.42 Å². The Bertz CT molecular complexity index is 1180. The second kappa shape index (κ2) is 8.76. The predicted octanol–water partition coefficient (Wildman–Crippen LogP) is 5.33. The zero-order valence-corrected chi connectivity index (χ0v) is 20.7. The minimum Gasteiger partial charge on any atom is -0.487 e. The van der Waals surface area contributed by atoms with E-state index in [1.165, 1.54) is 19.0 Å². The molecular formula is C26H31F3N2O3S. The van der Waals surface area contributed by atoms with Crippen molar-refractivity contribution in [1.29, 1.82) is 0 Å². The number of aryl methyl sites for hydroxylation is 1. The van der Waals surface area contributed by atoms with Crippen molar-refractivity contribution in [3.63, 3.8) is 0 Å². The first kappa shape index (κ1) is 24.6. The molecule has 5 nitrogen and oxygen atoms in total. The van der Waals surface area contributed by atoms with Gasteiger partial charge in [-0.3, -0.25) is 9.88 Å². The van der Waals surface area contributed by atoms with Crippen LogP contribution in [0, 0.1) is 0 Å². The van der Waals surface area contributed by atoms with Gasteiger partial charge in [0.15, 0.2) is 9.84 Å². The van der Waals surface area contributed by atoms with E-state index in [-0.39, 0.29) is 5.60 Å². The van der Waals surface area contributed by atoms with Crippen LogP contribution in [0.2, 0.25) is 0 Å². The molecule has 3 heterocycles. The molecule has 5 rings (SSSR count). The summed E-state index contributed by atoms with van der Waals surface area (Å²) in [4.78, 5) is 7.00. The molecule has 0 amide bonds. The van der Waals surface area contributed by atoms with Crippen molar-refractivity contribution in [3.8, 4) is 17.0 Å². The van der Waals surface area contributed by atoms with Gasteiger partial charge in [-0.2, -0.15) is 13.2 Å². The fourth-order valence-corrected chi connectivity index (χ4v) is 6.63. The SMILES string of the molecule is CC1(N2CCC3(CCc4cc(-c5ccc(CS(=O)(=O)CCC(F)(F)F)cn5)ccc4O3)CC2)CC1. The van der Waals surface area contributed by atoms with Crippen LogP contribution in [0.25, 0.3) is 11.3 Å². The van der Waals surface area contributed by atoms with Crippen LogP contribution in [-0.4, -0.2) is 54.5 Å². The Kier molecular flexibility index (Phi) is 6.15. The van der Waals surface area contributed by atoms with E-state index in [4.69, 9.17) is 4.74 Å². The van der Waals surface area contributed by atoms with Crippen molar-refractivity contribution in [2.45, 2.75) is 74.9 Å². The lowest BCUT2D eigenvalue weighted by Crippen LogP contribution is -2.52. The van der Waals surface area contributed by atoms with E-state index in [9.17, 15) is 21.6 Å². The Morgan fingerprint density at radius 1 is 1.06 bits per heavy atom. The molecule has 1 aromatic carbocycles. The van der Waals surface area contributed by atoms with Crippen LogP contribution in [-0.2, 0) is 22.0 Å². The molecule has 35 heavy (non-hydrogen) atoms. The summed E-state index contributed by atoms with van der Waals surface area (Å²) < 4.78 is 67.7. The average Bonchev–Trinajstić information content (AvgIpc) is 3.56. The van der Waals surface area contributed by atoms with Crippen LogP contribution in [0.15, 0.2) is 36.5 Å². The van der Waals surface area contributed by atoms with E-state index in [0.29, 0.717) is 16.8 Å². The summed E-state index contributed by atoms with van der Waals surface area (Å²) in [7, 11) is -3.86. The van der Waals surface area contributed by atoms with Gasteiger partial charge in [0, 0.05) is 30.4 Å². The minimum atomic E-state index is -4.49. The van der Waals surface area contributed by atoms with Crippen molar-refractivity contribution < 1.29 is 26.3 Å². The van der Waals surface area contributed by atoms with Crippen LogP contribution in [0.5, 0.6) is 5.75 Å². The molecular weight excluding hydrogens is 477 g/mol. The first-order valence-electron chi connectivity index (χ1n) is 12.2. The smallest absolute Gasteiger partial charge is 0.390 e. The number of alkyl halides is 3. The van der Waals surface area contributed by atoms with E-state index >= 15 is 0 Å². The molecule has 190 valence electrons. The summed E-state index contributed by atoms with van der Waals surface area (Å²) in [5, 5.41) is 0. The van der Waals surface area contributed by atoms with Gasteiger partial charge in [-0.1, -0.05) is 6.07 Å². The third-order valence-electron chi connectivity index (χ3n) is 7.85. The van der Waals surface area contributed by atoms with Crippen molar-refractivity contribution >= 4 is 9.84 Å². The topological polar surface area (TPSA) is 59.5 Å². The van der Waals surface area contributed by atoms with Crippen LogP contribution in [0.4, 0.5) is 13.2 Å².